The van der Waals surface area contributed by atoms with E-state index >= 15 is 0 Å². The Balaban J connectivity index is 0.000000833. The molecular weight excluding hydrogens is 591 g/mol. The van der Waals surface area contributed by atoms with Crippen LogP contribution >= 0.6 is 50.7 Å². The van der Waals surface area contributed by atoms with Gasteiger partial charge in [-0.2, -0.15) is 8.42 Å². The van der Waals surface area contributed by atoms with Crippen LogP contribution in [0.2, 0.25) is 15.1 Å². The molecule has 1 rings (SSSR count). The third kappa shape index (κ3) is 12.4. The second-order valence-electron chi connectivity index (χ2n) is 7.49. The van der Waals surface area contributed by atoms with Crippen LogP contribution in [0.5, 0.6) is 0 Å². The number of alkyl halides is 1. The van der Waals surface area contributed by atoms with Gasteiger partial charge in [0.05, 0.1) is 21.2 Å². The van der Waals surface area contributed by atoms with E-state index in [1.54, 1.807) is 13.3 Å². The fourth-order valence-corrected chi connectivity index (χ4v) is 5.17. The minimum absolute atomic E-state index is 0.0390. The van der Waals surface area contributed by atoms with Gasteiger partial charge in [0.15, 0.2) is 0 Å². The van der Waals surface area contributed by atoms with Crippen LogP contribution in [0.4, 0.5) is 0 Å². The molecule has 4 atom stereocenters. The van der Waals surface area contributed by atoms with E-state index in [0.29, 0.717) is 23.6 Å². The number of rotatable bonds is 13. The molecule has 34 heavy (non-hydrogen) atoms. The molecule has 0 heterocycles. The average Bonchev–Trinajstić information content (AvgIpc) is 2.79. The number of nitrogens with zero attached hydrogens (tertiary/aromatic N) is 2. The molecule has 0 N–H and O–H groups in total. The molecule has 0 bridgehead atoms. The SMILES string of the molecule is CC[C@@H](OS(=O)(=O)c1cc(Cl)c(Cl)cc1Cl)[C@@H](C)CC=NOC.CC[C@H](Br)[C@@H](C)CC=NOC. The number of oxime groups is 2. The lowest BCUT2D eigenvalue weighted by Gasteiger charge is -2.21. The molecule has 0 spiro atoms. The summed E-state index contributed by atoms with van der Waals surface area (Å²) in [5.41, 5.74) is 0. The first-order chi connectivity index (χ1) is 15.9. The molecule has 0 saturated carbocycles. The molecule has 0 saturated heterocycles. The largest absolute Gasteiger partial charge is 0.399 e. The third-order valence-corrected chi connectivity index (χ3v) is 8.93. The van der Waals surface area contributed by atoms with Crippen LogP contribution in [0.15, 0.2) is 27.3 Å². The molecule has 7 nitrogen and oxygen atoms in total. The predicted molar refractivity (Wildman–Crippen MR) is 145 cm³/mol. The maximum Gasteiger partial charge on any atom is 0.298 e. The zero-order valence-corrected chi connectivity index (χ0v) is 25.0. The summed E-state index contributed by atoms with van der Waals surface area (Å²) in [6, 6.07) is 2.46. The van der Waals surface area contributed by atoms with E-state index in [1.165, 1.54) is 19.2 Å². The van der Waals surface area contributed by atoms with E-state index in [-0.39, 0.29) is 25.9 Å². The molecule has 196 valence electrons. The standard InChI is InChI=1S/C14H18Cl3NO4S.C8H16BrNO/c1-4-13(9(2)5-6-18-21-3)22-23(19,20)14-8-11(16)10(15)7-12(14)17;1-4-8(9)7(2)5-6-10-11-3/h6-9,13H,4-5H2,1-3H3;6-8H,4-5H2,1-3H3/t9-,13+;7-,8-/m00/s1. The maximum absolute atomic E-state index is 12.5. The Hall–Kier alpha value is -0.580. The van der Waals surface area contributed by atoms with Crippen molar-refractivity contribution in [1.82, 2.24) is 0 Å². The Morgan fingerprint density at radius 1 is 0.912 bits per heavy atom. The highest BCUT2D eigenvalue weighted by Gasteiger charge is 2.27. The van der Waals surface area contributed by atoms with Gasteiger partial charge in [0.25, 0.3) is 10.1 Å². The van der Waals surface area contributed by atoms with Crippen molar-refractivity contribution in [2.45, 2.75) is 69.2 Å². The molecule has 0 unspecified atom stereocenters. The Kier molecular flexibility index (Phi) is 17.5. The van der Waals surface area contributed by atoms with Gasteiger partial charge in [-0.15, -0.1) is 0 Å². The van der Waals surface area contributed by atoms with E-state index in [1.807, 2.05) is 20.1 Å². The minimum Gasteiger partial charge on any atom is -0.399 e. The zero-order valence-electron chi connectivity index (χ0n) is 20.3. The molecule has 12 heteroatoms. The number of halogens is 4. The van der Waals surface area contributed by atoms with Crippen molar-refractivity contribution in [1.29, 1.82) is 0 Å². The number of hydrogen-bond donors (Lipinski definition) is 0. The van der Waals surface area contributed by atoms with Gasteiger partial charge in [0, 0.05) is 17.3 Å². The highest BCUT2D eigenvalue weighted by atomic mass is 79.9. The van der Waals surface area contributed by atoms with Crippen molar-refractivity contribution in [3.05, 3.63) is 27.2 Å². The van der Waals surface area contributed by atoms with Gasteiger partial charge in [0.2, 0.25) is 0 Å². The summed E-state index contributed by atoms with van der Waals surface area (Å²) in [6.07, 6.45) is 5.98. The van der Waals surface area contributed by atoms with Crippen LogP contribution in [0.3, 0.4) is 0 Å². The van der Waals surface area contributed by atoms with E-state index in [2.05, 4.69) is 49.8 Å². The van der Waals surface area contributed by atoms with E-state index in [9.17, 15) is 8.42 Å². The quantitative estimate of drug-likeness (QED) is 0.0741. The molecule has 0 aliphatic carbocycles. The van der Waals surface area contributed by atoms with Gasteiger partial charge in [-0.25, -0.2) is 0 Å². The molecular formula is C22H34BrCl3N2O5S. The summed E-state index contributed by atoms with van der Waals surface area (Å²) in [4.78, 5) is 9.53. The van der Waals surface area contributed by atoms with E-state index < -0.39 is 16.2 Å². The van der Waals surface area contributed by atoms with Crippen molar-refractivity contribution in [2.24, 2.45) is 22.1 Å². The summed E-state index contributed by atoms with van der Waals surface area (Å²) in [5, 5.41) is 7.54. The smallest absolute Gasteiger partial charge is 0.298 e. The lowest BCUT2D eigenvalue weighted by atomic mass is 10.00. The van der Waals surface area contributed by atoms with Gasteiger partial charge < -0.3 is 9.68 Å². The Bertz CT molecular complexity index is 888. The van der Waals surface area contributed by atoms with Crippen LogP contribution in [-0.2, 0) is 24.0 Å². The predicted octanol–water partition coefficient (Wildman–Crippen LogP) is 7.61. The molecule has 0 fully saturated rings. The Morgan fingerprint density at radius 3 is 1.88 bits per heavy atom. The summed E-state index contributed by atoms with van der Waals surface area (Å²) in [6.45, 7) is 8.07. The van der Waals surface area contributed by atoms with Gasteiger partial charge >= 0.3 is 0 Å². The summed E-state index contributed by atoms with van der Waals surface area (Å²) in [5.74, 6) is 0.536. The number of hydrogen-bond acceptors (Lipinski definition) is 7. The van der Waals surface area contributed by atoms with Crippen molar-refractivity contribution in [2.75, 3.05) is 14.2 Å². The van der Waals surface area contributed by atoms with Crippen molar-refractivity contribution < 1.29 is 22.3 Å². The van der Waals surface area contributed by atoms with Crippen LogP contribution in [0.25, 0.3) is 0 Å². The molecule has 0 aliphatic rings. The first-order valence-corrected chi connectivity index (χ1v) is 14.2. The fraction of sp³-hybridized carbons (Fsp3) is 0.636. The molecule has 0 aliphatic heterocycles. The first-order valence-electron chi connectivity index (χ1n) is 10.8. The Morgan fingerprint density at radius 2 is 1.41 bits per heavy atom. The van der Waals surface area contributed by atoms with E-state index in [0.717, 1.165) is 12.8 Å². The van der Waals surface area contributed by atoms with Gasteiger partial charge in [0.1, 0.15) is 19.1 Å². The lowest BCUT2D eigenvalue weighted by molar-refractivity contribution is 0.148. The normalized spacial score (nSPS) is 15.5. The fourth-order valence-electron chi connectivity index (χ4n) is 2.75. The molecule has 1 aromatic rings. The van der Waals surface area contributed by atoms with Crippen LogP contribution in [0, 0.1) is 11.8 Å². The first kappa shape index (κ1) is 33.4. The third-order valence-electron chi connectivity index (χ3n) is 4.85. The van der Waals surface area contributed by atoms with Crippen LogP contribution < -0.4 is 0 Å². The van der Waals surface area contributed by atoms with Crippen molar-refractivity contribution >= 4 is 73.3 Å². The van der Waals surface area contributed by atoms with Crippen LogP contribution in [0.1, 0.15) is 53.4 Å². The molecule has 0 amide bonds. The zero-order chi connectivity index (χ0) is 26.3. The maximum atomic E-state index is 12.5. The second kappa shape index (κ2) is 17.8. The molecule has 0 radical (unpaired) electrons. The molecule has 1 aromatic carbocycles. The summed E-state index contributed by atoms with van der Waals surface area (Å²) < 4.78 is 30.2. The average molecular weight is 625 g/mol. The van der Waals surface area contributed by atoms with Gasteiger partial charge in [-0.05, 0) is 49.7 Å². The molecule has 0 aromatic heterocycles. The van der Waals surface area contributed by atoms with E-state index in [4.69, 9.17) is 39.0 Å². The topological polar surface area (TPSA) is 86.6 Å². The van der Waals surface area contributed by atoms with Crippen molar-refractivity contribution in [3.8, 4) is 0 Å². The monoisotopic (exact) mass is 622 g/mol. The highest BCUT2D eigenvalue weighted by Crippen LogP contribution is 2.33. The summed E-state index contributed by atoms with van der Waals surface area (Å²) in [7, 11) is -1.07. The highest BCUT2D eigenvalue weighted by molar-refractivity contribution is 9.09. The van der Waals surface area contributed by atoms with Gasteiger partial charge in [-0.3, -0.25) is 4.18 Å². The second-order valence-corrected chi connectivity index (χ2v) is 11.4. The van der Waals surface area contributed by atoms with Crippen molar-refractivity contribution in [3.63, 3.8) is 0 Å². The number of benzene rings is 1. The minimum atomic E-state index is -4.07. The van der Waals surface area contributed by atoms with Gasteiger partial charge in [-0.1, -0.05) is 88.7 Å². The van der Waals surface area contributed by atoms with Crippen LogP contribution in [-0.4, -0.2) is 46.0 Å². The lowest BCUT2D eigenvalue weighted by Crippen LogP contribution is -2.25. The summed E-state index contributed by atoms with van der Waals surface area (Å²) >= 11 is 21.2. The Labute approximate surface area is 227 Å².